The van der Waals surface area contributed by atoms with Gasteiger partial charge in [-0.15, -0.1) is 0 Å². The number of nitrogens with two attached hydrogens (primary N) is 1. The van der Waals surface area contributed by atoms with Gasteiger partial charge in [0, 0.05) is 13.0 Å². The maximum Gasteiger partial charge on any atom is 0.273 e. The average molecular weight is 309 g/mol. The molecule has 0 aliphatic heterocycles. The Balaban J connectivity index is 1.79. The SMILES string of the molecule is CC(NC(=O)c1coc(CCN)n1)c1cccc2ccccc12. The van der Waals surface area contributed by atoms with Crippen LogP contribution in [0.1, 0.15) is 34.9 Å². The van der Waals surface area contributed by atoms with Crippen LogP contribution < -0.4 is 11.1 Å². The van der Waals surface area contributed by atoms with Crippen molar-refractivity contribution in [2.45, 2.75) is 19.4 Å². The van der Waals surface area contributed by atoms with E-state index in [2.05, 4.69) is 28.5 Å². The molecule has 0 saturated carbocycles. The van der Waals surface area contributed by atoms with Crippen molar-refractivity contribution >= 4 is 16.7 Å². The first-order valence-corrected chi connectivity index (χ1v) is 7.62. The first-order chi connectivity index (χ1) is 11.2. The van der Waals surface area contributed by atoms with Gasteiger partial charge in [-0.3, -0.25) is 4.79 Å². The molecule has 0 spiro atoms. The molecular weight excluding hydrogens is 290 g/mol. The van der Waals surface area contributed by atoms with Crippen LogP contribution in [0.4, 0.5) is 0 Å². The van der Waals surface area contributed by atoms with Crippen molar-refractivity contribution in [3.63, 3.8) is 0 Å². The monoisotopic (exact) mass is 309 g/mol. The number of hydrogen-bond donors (Lipinski definition) is 2. The highest BCUT2D eigenvalue weighted by molar-refractivity contribution is 5.93. The van der Waals surface area contributed by atoms with Gasteiger partial charge in [0.25, 0.3) is 5.91 Å². The normalized spacial score (nSPS) is 12.3. The first kappa shape index (κ1) is 15.2. The lowest BCUT2D eigenvalue weighted by Gasteiger charge is -2.15. The van der Waals surface area contributed by atoms with Crippen LogP contribution in [0.3, 0.4) is 0 Å². The van der Waals surface area contributed by atoms with E-state index in [4.69, 9.17) is 10.2 Å². The van der Waals surface area contributed by atoms with Crippen molar-refractivity contribution in [1.29, 1.82) is 0 Å². The minimum atomic E-state index is -0.252. The lowest BCUT2D eigenvalue weighted by Crippen LogP contribution is -2.27. The fourth-order valence-electron chi connectivity index (χ4n) is 2.63. The van der Waals surface area contributed by atoms with E-state index in [1.165, 1.54) is 6.26 Å². The minimum absolute atomic E-state index is 0.136. The van der Waals surface area contributed by atoms with Gasteiger partial charge in [-0.25, -0.2) is 4.98 Å². The molecule has 0 aliphatic rings. The van der Waals surface area contributed by atoms with E-state index in [9.17, 15) is 4.79 Å². The number of hydrogen-bond acceptors (Lipinski definition) is 4. The highest BCUT2D eigenvalue weighted by Gasteiger charge is 2.16. The second-order valence-corrected chi connectivity index (χ2v) is 5.43. The maximum atomic E-state index is 12.3. The standard InChI is InChI=1S/C18H19N3O2/c1-12(14-8-4-6-13-5-2-3-7-15(13)14)20-18(22)16-11-23-17(21-16)9-10-19/h2-8,11-12H,9-10,19H2,1H3,(H,20,22). The molecule has 0 aliphatic carbocycles. The number of carbonyl (C=O) groups is 1. The van der Waals surface area contributed by atoms with Gasteiger partial charge in [-0.05, 0) is 23.3 Å². The Hall–Kier alpha value is -2.66. The summed E-state index contributed by atoms with van der Waals surface area (Å²) in [6.45, 7) is 2.40. The van der Waals surface area contributed by atoms with E-state index in [1.807, 2.05) is 31.2 Å². The van der Waals surface area contributed by atoms with Crippen molar-refractivity contribution in [2.75, 3.05) is 6.54 Å². The van der Waals surface area contributed by atoms with Crippen molar-refractivity contribution < 1.29 is 9.21 Å². The third kappa shape index (κ3) is 3.24. The van der Waals surface area contributed by atoms with Crippen LogP contribution in [-0.2, 0) is 6.42 Å². The van der Waals surface area contributed by atoms with Crippen molar-refractivity contribution in [1.82, 2.24) is 10.3 Å². The molecule has 0 radical (unpaired) electrons. The Bertz CT molecular complexity index is 821. The molecule has 0 fully saturated rings. The molecule has 0 saturated heterocycles. The van der Waals surface area contributed by atoms with E-state index >= 15 is 0 Å². The van der Waals surface area contributed by atoms with Crippen molar-refractivity contribution in [3.05, 3.63) is 65.9 Å². The summed E-state index contributed by atoms with van der Waals surface area (Å²) in [6.07, 6.45) is 1.89. The highest BCUT2D eigenvalue weighted by Crippen LogP contribution is 2.24. The van der Waals surface area contributed by atoms with Crippen LogP contribution in [0.5, 0.6) is 0 Å². The number of nitrogens with one attached hydrogen (secondary N) is 1. The molecular formula is C18H19N3O2. The molecule has 3 rings (SSSR count). The molecule has 1 heterocycles. The molecule has 0 bridgehead atoms. The zero-order valence-corrected chi connectivity index (χ0v) is 13.0. The smallest absolute Gasteiger partial charge is 0.273 e. The molecule has 118 valence electrons. The fourth-order valence-corrected chi connectivity index (χ4v) is 2.63. The Labute approximate surface area is 134 Å². The third-order valence-corrected chi connectivity index (χ3v) is 3.78. The maximum absolute atomic E-state index is 12.3. The number of fused-ring (bicyclic) bond motifs is 1. The molecule has 1 amide bonds. The van der Waals surface area contributed by atoms with E-state index in [0.717, 1.165) is 16.3 Å². The Morgan fingerprint density at radius 3 is 2.87 bits per heavy atom. The summed E-state index contributed by atoms with van der Waals surface area (Å²) in [5.41, 5.74) is 6.80. The topological polar surface area (TPSA) is 81.2 Å². The van der Waals surface area contributed by atoms with Crippen LogP contribution in [0.15, 0.2) is 53.1 Å². The van der Waals surface area contributed by atoms with Crippen molar-refractivity contribution in [3.8, 4) is 0 Å². The summed E-state index contributed by atoms with van der Waals surface area (Å²) in [7, 11) is 0. The predicted octanol–water partition coefficient (Wildman–Crippen LogP) is 2.82. The summed E-state index contributed by atoms with van der Waals surface area (Å²) in [6, 6.07) is 14.1. The molecule has 5 nitrogen and oxygen atoms in total. The van der Waals surface area contributed by atoms with Crippen LogP contribution in [-0.4, -0.2) is 17.4 Å². The van der Waals surface area contributed by atoms with Crippen LogP contribution in [0, 0.1) is 0 Å². The van der Waals surface area contributed by atoms with E-state index in [0.29, 0.717) is 18.9 Å². The number of amides is 1. The first-order valence-electron chi connectivity index (χ1n) is 7.62. The summed E-state index contributed by atoms with van der Waals surface area (Å²) < 4.78 is 5.23. The Kier molecular flexibility index (Phi) is 4.39. The van der Waals surface area contributed by atoms with Crippen LogP contribution >= 0.6 is 0 Å². The Morgan fingerprint density at radius 1 is 1.26 bits per heavy atom. The molecule has 3 N–H and O–H groups in total. The highest BCUT2D eigenvalue weighted by atomic mass is 16.3. The molecule has 1 atom stereocenters. The van der Waals surface area contributed by atoms with Gasteiger partial charge in [0.1, 0.15) is 6.26 Å². The van der Waals surface area contributed by atoms with Gasteiger partial charge in [-0.2, -0.15) is 0 Å². The summed E-state index contributed by atoms with van der Waals surface area (Å²) in [5.74, 6) is 0.230. The Morgan fingerprint density at radius 2 is 2.04 bits per heavy atom. The zero-order valence-electron chi connectivity index (χ0n) is 13.0. The number of rotatable bonds is 5. The quantitative estimate of drug-likeness (QED) is 0.759. The van der Waals surface area contributed by atoms with E-state index in [1.54, 1.807) is 0 Å². The molecule has 2 aromatic carbocycles. The second kappa shape index (κ2) is 6.62. The number of carbonyl (C=O) groups excluding carboxylic acids is 1. The minimum Gasteiger partial charge on any atom is -0.448 e. The number of nitrogens with zero attached hydrogens (tertiary/aromatic N) is 1. The second-order valence-electron chi connectivity index (χ2n) is 5.43. The molecule has 23 heavy (non-hydrogen) atoms. The van der Waals surface area contributed by atoms with Gasteiger partial charge in [0.2, 0.25) is 0 Å². The summed E-state index contributed by atoms with van der Waals surface area (Å²) in [5, 5.41) is 5.25. The predicted molar refractivity (Wildman–Crippen MR) is 89.1 cm³/mol. The molecule has 5 heteroatoms. The lowest BCUT2D eigenvalue weighted by atomic mass is 9.99. The summed E-state index contributed by atoms with van der Waals surface area (Å²) >= 11 is 0. The van der Waals surface area contributed by atoms with E-state index < -0.39 is 0 Å². The van der Waals surface area contributed by atoms with E-state index in [-0.39, 0.29) is 17.6 Å². The molecule has 3 aromatic rings. The van der Waals surface area contributed by atoms with Crippen LogP contribution in [0.2, 0.25) is 0 Å². The number of aromatic nitrogens is 1. The zero-order chi connectivity index (χ0) is 16.2. The van der Waals surface area contributed by atoms with Crippen molar-refractivity contribution in [2.24, 2.45) is 5.73 Å². The summed E-state index contributed by atoms with van der Waals surface area (Å²) in [4.78, 5) is 16.5. The van der Waals surface area contributed by atoms with Gasteiger partial charge in [0.05, 0.1) is 6.04 Å². The lowest BCUT2D eigenvalue weighted by molar-refractivity contribution is 0.0935. The third-order valence-electron chi connectivity index (χ3n) is 3.78. The fraction of sp³-hybridized carbons (Fsp3) is 0.222. The van der Waals surface area contributed by atoms with Crippen LogP contribution in [0.25, 0.3) is 10.8 Å². The van der Waals surface area contributed by atoms with Gasteiger partial charge >= 0.3 is 0 Å². The number of benzene rings is 2. The van der Waals surface area contributed by atoms with Gasteiger partial charge in [0.15, 0.2) is 11.6 Å². The average Bonchev–Trinajstić information content (AvgIpc) is 3.03. The molecule has 1 unspecified atom stereocenters. The largest absolute Gasteiger partial charge is 0.448 e. The molecule has 1 aromatic heterocycles. The van der Waals surface area contributed by atoms with Gasteiger partial charge in [-0.1, -0.05) is 42.5 Å². The number of oxazole rings is 1. The van der Waals surface area contributed by atoms with Gasteiger partial charge < -0.3 is 15.5 Å².